The molecular weight excluding hydrogens is 359 g/mol. The fourth-order valence-electron chi connectivity index (χ4n) is 2.30. The van der Waals surface area contributed by atoms with E-state index in [1.165, 1.54) is 13.5 Å². The van der Waals surface area contributed by atoms with Gasteiger partial charge < -0.3 is 9.84 Å². The minimum Gasteiger partial charge on any atom is -0.481 e. The summed E-state index contributed by atoms with van der Waals surface area (Å²) in [5.41, 5.74) is 2.09. The van der Waals surface area contributed by atoms with Crippen molar-refractivity contribution in [3.63, 3.8) is 0 Å². The van der Waals surface area contributed by atoms with Crippen LogP contribution in [0, 0.1) is 3.57 Å². The van der Waals surface area contributed by atoms with Crippen molar-refractivity contribution in [3.8, 4) is 0 Å². The number of carbonyl (C=O) groups excluding carboxylic acids is 1. The summed E-state index contributed by atoms with van der Waals surface area (Å²) in [4.78, 5) is 22.7. The molecule has 0 spiro atoms. The van der Waals surface area contributed by atoms with Gasteiger partial charge in [-0.2, -0.15) is 0 Å². The minimum absolute atomic E-state index is 0.150. The minimum atomic E-state index is -0.936. The van der Waals surface area contributed by atoms with Gasteiger partial charge in [0.1, 0.15) is 0 Å². The van der Waals surface area contributed by atoms with Crippen molar-refractivity contribution in [1.82, 2.24) is 0 Å². The zero-order chi connectivity index (χ0) is 14.0. The van der Waals surface area contributed by atoms with Gasteiger partial charge >= 0.3 is 11.9 Å². The van der Waals surface area contributed by atoms with Crippen LogP contribution in [0.4, 0.5) is 0 Å². The summed E-state index contributed by atoms with van der Waals surface area (Å²) >= 11 is 2.15. The predicted molar refractivity (Wildman–Crippen MR) is 78.4 cm³/mol. The van der Waals surface area contributed by atoms with E-state index in [2.05, 4.69) is 22.6 Å². The van der Waals surface area contributed by atoms with Crippen molar-refractivity contribution in [1.29, 1.82) is 0 Å². The largest absolute Gasteiger partial charge is 0.481 e. The van der Waals surface area contributed by atoms with Crippen LogP contribution in [0.25, 0.3) is 0 Å². The summed E-state index contributed by atoms with van der Waals surface area (Å²) in [6, 6.07) is 3.63. The smallest absolute Gasteiger partial charge is 0.338 e. The second-order valence-corrected chi connectivity index (χ2v) is 5.76. The van der Waals surface area contributed by atoms with Gasteiger partial charge in [0.2, 0.25) is 0 Å². The fourth-order valence-corrected chi connectivity index (χ4v) is 3.40. The van der Waals surface area contributed by atoms with E-state index in [0.717, 1.165) is 22.0 Å². The first-order chi connectivity index (χ1) is 9.04. The van der Waals surface area contributed by atoms with Gasteiger partial charge in [-0.1, -0.05) is 12.5 Å². The standard InChI is InChI=1S/C14H15IO4/c1-19-14(18)10-6-5-9(8-3-2-4-8)13(15)11(10)7-12(16)17/h5-6,8H,2-4,7H2,1H3,(H,16,17). The molecule has 19 heavy (non-hydrogen) atoms. The molecule has 0 aromatic heterocycles. The molecule has 1 fully saturated rings. The Morgan fingerprint density at radius 2 is 2.11 bits per heavy atom. The first-order valence-corrected chi connectivity index (χ1v) is 7.23. The highest BCUT2D eigenvalue weighted by molar-refractivity contribution is 14.1. The number of esters is 1. The van der Waals surface area contributed by atoms with Crippen LogP contribution in [-0.2, 0) is 16.0 Å². The number of rotatable bonds is 4. The Hall–Kier alpha value is -1.11. The Morgan fingerprint density at radius 1 is 1.42 bits per heavy atom. The maximum atomic E-state index is 11.7. The lowest BCUT2D eigenvalue weighted by Gasteiger charge is -2.28. The SMILES string of the molecule is COC(=O)c1ccc(C2CCC2)c(I)c1CC(=O)O. The van der Waals surface area contributed by atoms with E-state index >= 15 is 0 Å². The molecule has 0 aliphatic heterocycles. The molecule has 2 rings (SSSR count). The number of carbonyl (C=O) groups is 2. The van der Waals surface area contributed by atoms with E-state index in [4.69, 9.17) is 9.84 Å². The van der Waals surface area contributed by atoms with Gasteiger partial charge in [0.25, 0.3) is 0 Å². The lowest BCUT2D eigenvalue weighted by molar-refractivity contribution is -0.136. The summed E-state index contributed by atoms with van der Waals surface area (Å²) in [6.07, 6.45) is 3.34. The average Bonchev–Trinajstić information content (AvgIpc) is 2.30. The van der Waals surface area contributed by atoms with Crippen LogP contribution in [0.1, 0.15) is 46.7 Å². The van der Waals surface area contributed by atoms with E-state index in [9.17, 15) is 9.59 Å². The molecule has 1 aliphatic rings. The Kier molecular flexibility index (Phi) is 4.44. The van der Waals surface area contributed by atoms with Crippen molar-refractivity contribution >= 4 is 34.5 Å². The number of aliphatic carboxylic acids is 1. The molecule has 0 amide bonds. The fraction of sp³-hybridized carbons (Fsp3) is 0.429. The van der Waals surface area contributed by atoms with Crippen LogP contribution in [0.5, 0.6) is 0 Å². The highest BCUT2D eigenvalue weighted by Crippen LogP contribution is 2.40. The molecule has 0 heterocycles. The van der Waals surface area contributed by atoms with Crippen LogP contribution in [0.15, 0.2) is 12.1 Å². The number of hydrogen-bond acceptors (Lipinski definition) is 3. The Balaban J connectivity index is 2.47. The molecule has 0 atom stereocenters. The first-order valence-electron chi connectivity index (χ1n) is 6.16. The summed E-state index contributed by atoms with van der Waals surface area (Å²) in [7, 11) is 1.31. The third kappa shape index (κ3) is 2.91. The molecule has 4 nitrogen and oxygen atoms in total. The maximum absolute atomic E-state index is 11.7. The first kappa shape index (κ1) is 14.3. The lowest BCUT2D eigenvalue weighted by Crippen LogP contribution is -2.16. The normalized spacial score (nSPS) is 14.8. The quantitative estimate of drug-likeness (QED) is 0.650. The lowest BCUT2D eigenvalue weighted by atomic mass is 9.79. The molecule has 0 radical (unpaired) electrons. The molecule has 0 unspecified atom stereocenters. The topological polar surface area (TPSA) is 63.6 Å². The van der Waals surface area contributed by atoms with Crippen LogP contribution in [-0.4, -0.2) is 24.2 Å². The number of hydrogen-bond donors (Lipinski definition) is 1. The van der Waals surface area contributed by atoms with Crippen molar-refractivity contribution < 1.29 is 19.4 Å². The highest BCUT2D eigenvalue weighted by atomic mass is 127. The molecule has 5 heteroatoms. The van der Waals surface area contributed by atoms with Gasteiger partial charge in [0.05, 0.1) is 19.1 Å². The monoisotopic (exact) mass is 374 g/mol. The number of carboxylic acids is 1. The summed E-state index contributed by atoms with van der Waals surface area (Å²) in [5, 5.41) is 9.02. The number of ether oxygens (including phenoxy) is 1. The Labute approximate surface area is 125 Å². The van der Waals surface area contributed by atoms with E-state index in [1.54, 1.807) is 6.07 Å². The molecule has 0 bridgehead atoms. The summed E-state index contributed by atoms with van der Waals surface area (Å²) in [5.74, 6) is -0.908. The number of carboxylic acid groups (broad SMARTS) is 1. The highest BCUT2D eigenvalue weighted by Gasteiger charge is 2.26. The van der Waals surface area contributed by atoms with Crippen LogP contribution in [0.3, 0.4) is 0 Å². The van der Waals surface area contributed by atoms with Gasteiger partial charge in [-0.25, -0.2) is 4.79 Å². The van der Waals surface area contributed by atoms with E-state index in [0.29, 0.717) is 17.0 Å². The summed E-state index contributed by atoms with van der Waals surface area (Å²) in [6.45, 7) is 0. The Bertz CT molecular complexity index is 520. The van der Waals surface area contributed by atoms with Gasteiger partial charge in [0, 0.05) is 3.57 Å². The molecule has 1 aliphatic carbocycles. The predicted octanol–water partition coefficient (Wildman–Crippen LogP) is 2.97. The van der Waals surface area contributed by atoms with Gasteiger partial charge in [-0.15, -0.1) is 0 Å². The zero-order valence-corrected chi connectivity index (χ0v) is 12.8. The van der Waals surface area contributed by atoms with Crippen molar-refractivity contribution in [2.45, 2.75) is 31.6 Å². The Morgan fingerprint density at radius 3 is 2.58 bits per heavy atom. The second kappa shape index (κ2) is 5.90. The number of halogens is 1. The van der Waals surface area contributed by atoms with Crippen molar-refractivity contribution in [2.24, 2.45) is 0 Å². The van der Waals surface area contributed by atoms with E-state index in [1.807, 2.05) is 6.07 Å². The molecular formula is C14H15IO4. The van der Waals surface area contributed by atoms with Crippen molar-refractivity contribution in [2.75, 3.05) is 7.11 Å². The zero-order valence-electron chi connectivity index (χ0n) is 10.6. The molecule has 1 N–H and O–H groups in total. The molecule has 1 saturated carbocycles. The van der Waals surface area contributed by atoms with Crippen LogP contribution >= 0.6 is 22.6 Å². The number of benzene rings is 1. The molecule has 1 aromatic rings. The van der Waals surface area contributed by atoms with Gasteiger partial charge in [-0.05, 0) is 58.5 Å². The average molecular weight is 374 g/mol. The van der Waals surface area contributed by atoms with E-state index < -0.39 is 11.9 Å². The van der Waals surface area contributed by atoms with Crippen molar-refractivity contribution in [3.05, 3.63) is 32.4 Å². The third-order valence-corrected chi connectivity index (χ3v) is 4.83. The number of methoxy groups -OCH3 is 1. The van der Waals surface area contributed by atoms with Gasteiger partial charge in [0.15, 0.2) is 0 Å². The van der Waals surface area contributed by atoms with Crippen LogP contribution < -0.4 is 0 Å². The molecule has 1 aromatic carbocycles. The molecule has 0 saturated heterocycles. The molecule has 102 valence electrons. The third-order valence-electron chi connectivity index (χ3n) is 3.55. The van der Waals surface area contributed by atoms with Gasteiger partial charge in [-0.3, -0.25) is 4.79 Å². The maximum Gasteiger partial charge on any atom is 0.338 e. The van der Waals surface area contributed by atoms with E-state index in [-0.39, 0.29) is 6.42 Å². The second-order valence-electron chi connectivity index (χ2n) is 4.68. The van der Waals surface area contributed by atoms with Crippen LogP contribution in [0.2, 0.25) is 0 Å². The summed E-state index contributed by atoms with van der Waals surface area (Å²) < 4.78 is 5.61.